The van der Waals surface area contributed by atoms with Gasteiger partial charge < -0.3 is 14.6 Å². The molecule has 0 aliphatic carbocycles. The van der Waals surface area contributed by atoms with Crippen LogP contribution in [0.2, 0.25) is 0 Å². The third-order valence-electron chi connectivity index (χ3n) is 6.37. The lowest BCUT2D eigenvalue weighted by Crippen LogP contribution is -2.34. The van der Waals surface area contributed by atoms with Gasteiger partial charge in [-0.1, -0.05) is 46.3 Å². The van der Waals surface area contributed by atoms with E-state index in [-0.39, 0.29) is 29.7 Å². The maximum Gasteiger partial charge on any atom is 0.293 e. The number of benzene rings is 2. The van der Waals surface area contributed by atoms with Crippen molar-refractivity contribution in [2.45, 2.75) is 31.9 Å². The first-order chi connectivity index (χ1) is 17.5. The zero-order valence-electron chi connectivity index (χ0n) is 19.6. The first-order valence-corrected chi connectivity index (χ1v) is 13.5. The Balaban J connectivity index is 1.34. The third-order valence-corrected chi connectivity index (χ3v) is 7.77. The number of carbonyl (C=O) groups excluding carboxylic acids is 3. The number of hydrogen-bond acceptors (Lipinski definition) is 5. The zero-order chi connectivity index (χ0) is 25.1. The first kappa shape index (κ1) is 24.8. The molecule has 186 valence electrons. The number of amides is 3. The van der Waals surface area contributed by atoms with Crippen LogP contribution in [0, 0.1) is 0 Å². The van der Waals surface area contributed by atoms with Gasteiger partial charge in [-0.25, -0.2) is 0 Å². The van der Waals surface area contributed by atoms with Crippen molar-refractivity contribution in [1.29, 1.82) is 0 Å². The molecule has 1 aromatic heterocycles. The zero-order valence-corrected chi connectivity index (χ0v) is 22.0. The average molecular weight is 568 g/mol. The van der Waals surface area contributed by atoms with Gasteiger partial charge in [-0.3, -0.25) is 19.3 Å². The molecule has 5 rings (SSSR count). The van der Waals surface area contributed by atoms with Crippen molar-refractivity contribution in [3.8, 4) is 0 Å². The van der Waals surface area contributed by atoms with Crippen molar-refractivity contribution in [3.63, 3.8) is 0 Å². The van der Waals surface area contributed by atoms with Crippen LogP contribution in [0.15, 0.2) is 64.1 Å². The Hall–Kier alpha value is -2.88. The highest BCUT2D eigenvalue weighted by Crippen LogP contribution is 2.35. The van der Waals surface area contributed by atoms with Crippen molar-refractivity contribution in [2.75, 3.05) is 19.7 Å². The molecule has 3 aromatic rings. The van der Waals surface area contributed by atoms with Gasteiger partial charge in [0, 0.05) is 46.8 Å². The van der Waals surface area contributed by atoms with Crippen LogP contribution in [-0.4, -0.2) is 52.3 Å². The van der Waals surface area contributed by atoms with Crippen molar-refractivity contribution < 1.29 is 19.1 Å². The number of ether oxygens (including phenoxy) is 1. The normalized spacial score (nSPS) is 19.1. The summed E-state index contributed by atoms with van der Waals surface area (Å²) in [6.45, 7) is 1.74. The second-order valence-electron chi connectivity index (χ2n) is 8.88. The minimum atomic E-state index is -0.286. The molecule has 0 spiro atoms. The summed E-state index contributed by atoms with van der Waals surface area (Å²) in [7, 11) is 0. The number of imide groups is 1. The largest absolute Gasteiger partial charge is 0.376 e. The monoisotopic (exact) mass is 567 g/mol. The minimum Gasteiger partial charge on any atom is -0.376 e. The van der Waals surface area contributed by atoms with Crippen LogP contribution in [0.4, 0.5) is 4.79 Å². The van der Waals surface area contributed by atoms with Gasteiger partial charge in [0.1, 0.15) is 6.54 Å². The quantitative estimate of drug-likeness (QED) is 0.388. The summed E-state index contributed by atoms with van der Waals surface area (Å²) in [6, 6.07) is 15.6. The number of carbonyl (C=O) groups is 3. The molecule has 1 atom stereocenters. The molecule has 2 aliphatic rings. The third kappa shape index (κ3) is 5.58. The van der Waals surface area contributed by atoms with E-state index in [2.05, 4.69) is 21.2 Å². The van der Waals surface area contributed by atoms with Crippen LogP contribution in [0.25, 0.3) is 17.0 Å². The van der Waals surface area contributed by atoms with Gasteiger partial charge in [0.2, 0.25) is 5.91 Å². The summed E-state index contributed by atoms with van der Waals surface area (Å²) in [5.74, 6) is -0.385. The van der Waals surface area contributed by atoms with E-state index >= 15 is 0 Å². The van der Waals surface area contributed by atoms with Gasteiger partial charge in [0.25, 0.3) is 11.1 Å². The highest BCUT2D eigenvalue weighted by atomic mass is 79.9. The van der Waals surface area contributed by atoms with Crippen LogP contribution >= 0.6 is 27.7 Å². The topological polar surface area (TPSA) is 80.6 Å². The Labute approximate surface area is 222 Å². The summed E-state index contributed by atoms with van der Waals surface area (Å²) in [5.41, 5.74) is 2.73. The average Bonchev–Trinajstić information content (AvgIpc) is 3.57. The van der Waals surface area contributed by atoms with Crippen LogP contribution < -0.4 is 5.32 Å². The van der Waals surface area contributed by atoms with Crippen molar-refractivity contribution in [2.24, 2.45) is 0 Å². The second kappa shape index (κ2) is 11.0. The Morgan fingerprint density at radius 1 is 1.19 bits per heavy atom. The van der Waals surface area contributed by atoms with Crippen LogP contribution in [0.1, 0.15) is 24.0 Å². The van der Waals surface area contributed by atoms with Gasteiger partial charge in [-0.15, -0.1) is 0 Å². The molecule has 0 saturated carbocycles. The fourth-order valence-corrected chi connectivity index (χ4v) is 5.72. The summed E-state index contributed by atoms with van der Waals surface area (Å²) in [6.07, 6.45) is 6.30. The fraction of sp³-hybridized carbons (Fsp3) is 0.296. The maximum atomic E-state index is 13.1. The van der Waals surface area contributed by atoms with E-state index in [0.717, 1.165) is 57.7 Å². The van der Waals surface area contributed by atoms with E-state index in [9.17, 15) is 14.4 Å². The number of rotatable bonds is 8. The number of nitrogens with one attached hydrogen (secondary N) is 1. The van der Waals surface area contributed by atoms with Gasteiger partial charge >= 0.3 is 0 Å². The highest BCUT2D eigenvalue weighted by molar-refractivity contribution is 9.10. The molecule has 2 aliphatic heterocycles. The molecule has 3 heterocycles. The summed E-state index contributed by atoms with van der Waals surface area (Å²) >= 11 is 4.47. The number of thioether (sulfide) groups is 1. The molecule has 2 aromatic carbocycles. The van der Waals surface area contributed by atoms with Crippen LogP contribution in [-0.2, 0) is 27.3 Å². The SMILES string of the molecule is O=C(Cn1cc(/C=C2\SC(=O)N(CCc3ccccc3)C2=O)c2cc(Br)ccc21)NC[C@H]1CCCO1. The van der Waals surface area contributed by atoms with Gasteiger partial charge in [0.15, 0.2) is 0 Å². The Bertz CT molecular complexity index is 1330. The smallest absolute Gasteiger partial charge is 0.293 e. The van der Waals surface area contributed by atoms with Gasteiger partial charge in [-0.05, 0) is 60.9 Å². The fourth-order valence-electron chi connectivity index (χ4n) is 4.51. The number of hydrogen-bond donors (Lipinski definition) is 1. The standard InChI is InChI=1S/C27H26BrN3O4S/c28-20-8-9-23-22(14-20)19(16-30(23)17-25(32)29-15-21-7-4-12-35-21)13-24-26(33)31(27(34)36-24)11-10-18-5-2-1-3-6-18/h1-3,5-6,8-9,13-14,16,21H,4,7,10-12,15,17H2,(H,29,32)/b24-13-/t21-/m1/s1. The minimum absolute atomic E-state index is 0.0828. The predicted octanol–water partition coefficient (Wildman–Crippen LogP) is 4.98. The number of nitrogens with zero attached hydrogens (tertiary/aromatic N) is 2. The molecule has 0 radical (unpaired) electrons. The molecule has 2 fully saturated rings. The Kier molecular flexibility index (Phi) is 7.59. The van der Waals surface area contributed by atoms with E-state index in [1.54, 1.807) is 6.08 Å². The summed E-state index contributed by atoms with van der Waals surface area (Å²) in [4.78, 5) is 40.0. The van der Waals surface area contributed by atoms with Crippen LogP contribution in [0.5, 0.6) is 0 Å². The highest BCUT2D eigenvalue weighted by Gasteiger charge is 2.34. The number of aromatic nitrogens is 1. The first-order valence-electron chi connectivity index (χ1n) is 11.9. The molecule has 3 amide bonds. The molecule has 36 heavy (non-hydrogen) atoms. The lowest BCUT2D eigenvalue weighted by molar-refractivity contribution is -0.123. The second-order valence-corrected chi connectivity index (χ2v) is 10.8. The van der Waals surface area contributed by atoms with Crippen molar-refractivity contribution in [3.05, 3.63) is 75.2 Å². The lowest BCUT2D eigenvalue weighted by atomic mass is 10.1. The number of fused-ring (bicyclic) bond motifs is 1. The predicted molar refractivity (Wildman–Crippen MR) is 144 cm³/mol. The molecule has 1 N–H and O–H groups in total. The van der Waals surface area contributed by atoms with Crippen LogP contribution in [0.3, 0.4) is 0 Å². The summed E-state index contributed by atoms with van der Waals surface area (Å²) in [5, 5.41) is 3.59. The van der Waals surface area contributed by atoms with E-state index in [0.29, 0.717) is 24.4 Å². The molecule has 0 bridgehead atoms. The van der Waals surface area contributed by atoms with E-state index in [1.807, 2.05) is 59.3 Å². The molecule has 0 unspecified atom stereocenters. The molecule has 7 nitrogen and oxygen atoms in total. The Morgan fingerprint density at radius 3 is 2.81 bits per heavy atom. The maximum absolute atomic E-state index is 13.1. The van der Waals surface area contributed by atoms with E-state index < -0.39 is 0 Å². The molecule has 9 heteroatoms. The Morgan fingerprint density at radius 2 is 2.03 bits per heavy atom. The molecule has 2 saturated heterocycles. The number of halogens is 1. The van der Waals surface area contributed by atoms with Gasteiger partial charge in [-0.2, -0.15) is 0 Å². The van der Waals surface area contributed by atoms with Gasteiger partial charge in [0.05, 0.1) is 11.0 Å². The lowest BCUT2D eigenvalue weighted by Gasteiger charge is -2.12. The molecular weight excluding hydrogens is 542 g/mol. The summed E-state index contributed by atoms with van der Waals surface area (Å²) < 4.78 is 8.35. The van der Waals surface area contributed by atoms with Crippen molar-refractivity contribution >= 4 is 61.7 Å². The molecular formula is C27H26BrN3O4S. The van der Waals surface area contributed by atoms with Crippen molar-refractivity contribution in [1.82, 2.24) is 14.8 Å². The van der Waals surface area contributed by atoms with E-state index in [1.165, 1.54) is 4.90 Å². The van der Waals surface area contributed by atoms with E-state index in [4.69, 9.17) is 4.74 Å².